The third-order valence-electron chi connectivity index (χ3n) is 1.48. The van der Waals surface area contributed by atoms with Gasteiger partial charge in [-0.15, -0.1) is 11.3 Å². The Balaban J connectivity index is 2.59. The quantitative estimate of drug-likeness (QED) is 0.421. The Morgan fingerprint density at radius 3 is 3.00 bits per heavy atom. The largest absolute Gasteiger partial charge is 0.399 e. The number of thiophene rings is 1. The zero-order valence-electron chi connectivity index (χ0n) is 7.61. The molecule has 3 nitrogen and oxygen atoms in total. The Morgan fingerprint density at radius 1 is 1.69 bits per heavy atom. The molecule has 1 aromatic heterocycles. The Morgan fingerprint density at radius 2 is 2.46 bits per heavy atom. The van der Waals surface area contributed by atoms with Crippen LogP contribution in [0.3, 0.4) is 0 Å². The van der Waals surface area contributed by atoms with Crippen LogP contribution in [0.2, 0.25) is 0 Å². The van der Waals surface area contributed by atoms with Crippen LogP contribution in [0.4, 0.5) is 0 Å². The van der Waals surface area contributed by atoms with E-state index in [1.165, 1.54) is 18.4 Å². The van der Waals surface area contributed by atoms with Crippen molar-refractivity contribution in [2.24, 2.45) is 5.16 Å². The summed E-state index contributed by atoms with van der Waals surface area (Å²) in [5.74, 6) is 0.111. The highest BCUT2D eigenvalue weighted by atomic mass is 32.1. The molecule has 0 bridgehead atoms. The van der Waals surface area contributed by atoms with E-state index in [0.717, 1.165) is 9.75 Å². The Labute approximate surface area is 81.0 Å². The van der Waals surface area contributed by atoms with Gasteiger partial charge in [0.15, 0.2) is 5.78 Å². The van der Waals surface area contributed by atoms with Crippen molar-refractivity contribution >= 4 is 23.3 Å². The summed E-state index contributed by atoms with van der Waals surface area (Å²) in [5, 5.41) is 3.62. The Bertz CT molecular complexity index is 317. The average molecular weight is 197 g/mol. The minimum atomic E-state index is 0.111. The van der Waals surface area contributed by atoms with E-state index in [2.05, 4.69) is 9.99 Å². The smallest absolute Gasteiger partial charge is 0.169 e. The lowest BCUT2D eigenvalue weighted by atomic mass is 10.3. The van der Waals surface area contributed by atoms with Crippen molar-refractivity contribution in [1.82, 2.24) is 0 Å². The number of Topliss-reactive ketones (excluding diaryl/α,β-unsaturated/α-hetero) is 1. The molecule has 0 saturated carbocycles. The second-order valence-corrected chi connectivity index (χ2v) is 3.67. The van der Waals surface area contributed by atoms with Gasteiger partial charge in [-0.1, -0.05) is 5.16 Å². The maximum atomic E-state index is 10.9. The van der Waals surface area contributed by atoms with E-state index < -0.39 is 0 Å². The first-order valence-corrected chi connectivity index (χ1v) is 4.70. The predicted octanol–water partition coefficient (Wildman–Crippen LogP) is 2.13. The number of carbonyl (C=O) groups is 1. The highest BCUT2D eigenvalue weighted by Gasteiger charge is 2.02. The van der Waals surface area contributed by atoms with Crippen molar-refractivity contribution < 1.29 is 9.63 Å². The van der Waals surface area contributed by atoms with Gasteiger partial charge < -0.3 is 4.84 Å². The molecule has 1 aromatic rings. The number of oxime groups is 1. The van der Waals surface area contributed by atoms with E-state index in [1.807, 2.05) is 12.1 Å². The average Bonchev–Trinajstić information content (AvgIpc) is 2.53. The van der Waals surface area contributed by atoms with Gasteiger partial charge >= 0.3 is 0 Å². The molecule has 13 heavy (non-hydrogen) atoms. The minimum absolute atomic E-state index is 0.111. The van der Waals surface area contributed by atoms with Gasteiger partial charge in [-0.3, -0.25) is 4.79 Å². The molecule has 0 radical (unpaired) electrons. The van der Waals surface area contributed by atoms with Crippen LogP contribution in [0.5, 0.6) is 0 Å². The van der Waals surface area contributed by atoms with Crippen molar-refractivity contribution in [2.75, 3.05) is 7.11 Å². The van der Waals surface area contributed by atoms with Gasteiger partial charge in [-0.05, 0) is 19.1 Å². The molecule has 0 unspecified atom stereocenters. The SMILES string of the molecule is CON=CCc1ccc(C(C)=O)s1. The van der Waals surface area contributed by atoms with Gasteiger partial charge in [0.25, 0.3) is 0 Å². The summed E-state index contributed by atoms with van der Waals surface area (Å²) < 4.78 is 0. The molecule has 0 aliphatic heterocycles. The molecule has 0 aliphatic carbocycles. The van der Waals surface area contributed by atoms with Gasteiger partial charge in [0, 0.05) is 17.5 Å². The third-order valence-corrected chi connectivity index (χ3v) is 2.69. The van der Waals surface area contributed by atoms with E-state index in [-0.39, 0.29) is 5.78 Å². The molecule has 0 spiro atoms. The number of hydrogen-bond acceptors (Lipinski definition) is 4. The summed E-state index contributed by atoms with van der Waals surface area (Å²) in [4.78, 5) is 17.4. The Kier molecular flexibility index (Phi) is 3.64. The van der Waals surface area contributed by atoms with Gasteiger partial charge in [-0.2, -0.15) is 0 Å². The second-order valence-electron chi connectivity index (χ2n) is 2.50. The van der Waals surface area contributed by atoms with Crippen LogP contribution in [0, 0.1) is 0 Å². The van der Waals surface area contributed by atoms with Gasteiger partial charge in [-0.25, -0.2) is 0 Å². The molecule has 0 saturated heterocycles. The van der Waals surface area contributed by atoms with Crippen LogP contribution >= 0.6 is 11.3 Å². The summed E-state index contributed by atoms with van der Waals surface area (Å²) >= 11 is 1.50. The molecule has 70 valence electrons. The maximum absolute atomic E-state index is 10.9. The number of hydrogen-bond donors (Lipinski definition) is 0. The first kappa shape index (κ1) is 9.92. The topological polar surface area (TPSA) is 38.7 Å². The van der Waals surface area contributed by atoms with Crippen LogP contribution in [0.1, 0.15) is 21.5 Å². The first-order chi connectivity index (χ1) is 6.24. The summed E-state index contributed by atoms with van der Waals surface area (Å²) in [6.07, 6.45) is 2.39. The molecule has 4 heteroatoms. The van der Waals surface area contributed by atoms with Crippen molar-refractivity contribution in [3.8, 4) is 0 Å². The lowest BCUT2D eigenvalue weighted by Crippen LogP contribution is -1.84. The lowest BCUT2D eigenvalue weighted by Gasteiger charge is -1.87. The Hall–Kier alpha value is -1.16. The fourth-order valence-electron chi connectivity index (χ4n) is 0.879. The highest BCUT2D eigenvalue weighted by Crippen LogP contribution is 2.16. The summed E-state index contributed by atoms with van der Waals surface area (Å²) in [6, 6.07) is 3.77. The molecule has 0 aromatic carbocycles. The molecule has 1 rings (SSSR count). The summed E-state index contributed by atoms with van der Waals surface area (Å²) in [5.41, 5.74) is 0. The van der Waals surface area contributed by atoms with Gasteiger partial charge in [0.2, 0.25) is 0 Å². The van der Waals surface area contributed by atoms with Crippen molar-refractivity contribution in [3.63, 3.8) is 0 Å². The monoisotopic (exact) mass is 197 g/mol. The van der Waals surface area contributed by atoms with E-state index in [0.29, 0.717) is 6.42 Å². The summed E-state index contributed by atoms with van der Waals surface area (Å²) in [7, 11) is 1.51. The molecule has 0 atom stereocenters. The minimum Gasteiger partial charge on any atom is -0.399 e. The van der Waals surface area contributed by atoms with Gasteiger partial charge in [0.1, 0.15) is 7.11 Å². The molecule has 0 N–H and O–H groups in total. The standard InChI is InChI=1S/C9H11NO2S/c1-7(11)9-4-3-8(13-9)5-6-10-12-2/h3-4,6H,5H2,1-2H3. The van der Waals surface area contributed by atoms with Crippen LogP contribution < -0.4 is 0 Å². The predicted molar refractivity (Wildman–Crippen MR) is 53.5 cm³/mol. The normalized spacial score (nSPS) is 10.6. The number of rotatable bonds is 4. The molecular formula is C9H11NO2S. The van der Waals surface area contributed by atoms with E-state index in [9.17, 15) is 4.79 Å². The zero-order chi connectivity index (χ0) is 9.68. The van der Waals surface area contributed by atoms with Gasteiger partial charge in [0.05, 0.1) is 4.88 Å². The van der Waals surface area contributed by atoms with E-state index in [1.54, 1.807) is 13.1 Å². The van der Waals surface area contributed by atoms with Crippen LogP contribution in [-0.4, -0.2) is 19.1 Å². The number of carbonyl (C=O) groups excluding carboxylic acids is 1. The fourth-order valence-corrected chi connectivity index (χ4v) is 1.73. The molecule has 0 amide bonds. The van der Waals surface area contributed by atoms with E-state index in [4.69, 9.17) is 0 Å². The van der Waals surface area contributed by atoms with E-state index >= 15 is 0 Å². The fraction of sp³-hybridized carbons (Fsp3) is 0.333. The van der Waals surface area contributed by atoms with Crippen LogP contribution in [0.25, 0.3) is 0 Å². The number of nitrogens with zero attached hydrogens (tertiary/aromatic N) is 1. The second kappa shape index (κ2) is 4.77. The summed E-state index contributed by atoms with van der Waals surface area (Å²) in [6.45, 7) is 1.57. The zero-order valence-corrected chi connectivity index (χ0v) is 8.43. The number of ketones is 1. The maximum Gasteiger partial charge on any atom is 0.169 e. The van der Waals surface area contributed by atoms with Crippen molar-refractivity contribution in [2.45, 2.75) is 13.3 Å². The van der Waals surface area contributed by atoms with Crippen molar-refractivity contribution in [1.29, 1.82) is 0 Å². The third kappa shape index (κ3) is 2.99. The molecule has 0 aliphatic rings. The van der Waals surface area contributed by atoms with Crippen LogP contribution in [0.15, 0.2) is 17.3 Å². The lowest BCUT2D eigenvalue weighted by molar-refractivity contribution is 0.102. The molecule has 1 heterocycles. The first-order valence-electron chi connectivity index (χ1n) is 3.88. The van der Waals surface area contributed by atoms with Crippen LogP contribution in [-0.2, 0) is 11.3 Å². The highest BCUT2D eigenvalue weighted by molar-refractivity contribution is 7.14. The molecular weight excluding hydrogens is 186 g/mol. The van der Waals surface area contributed by atoms with Crippen molar-refractivity contribution in [3.05, 3.63) is 21.9 Å². The molecule has 0 fully saturated rings.